The van der Waals surface area contributed by atoms with Crippen LogP contribution in [-0.2, 0) is 13.1 Å². The third-order valence-corrected chi connectivity index (χ3v) is 4.40. The Hall–Kier alpha value is -2.50. The zero-order valence-corrected chi connectivity index (χ0v) is 15.5. The SMILES string of the molecule is Fc1ccc(NC(=S)N(Cc2ccccc2)Cc2ccccn2)cc1Cl. The highest BCUT2D eigenvalue weighted by atomic mass is 35.5. The molecule has 0 radical (unpaired) electrons. The first-order chi connectivity index (χ1) is 12.6. The van der Waals surface area contributed by atoms with Crippen LogP contribution in [0.2, 0.25) is 5.02 Å². The fraction of sp³-hybridized carbons (Fsp3) is 0.100. The Morgan fingerprint density at radius 1 is 1.04 bits per heavy atom. The number of halogens is 2. The van der Waals surface area contributed by atoms with Gasteiger partial charge in [0.05, 0.1) is 17.3 Å². The maximum Gasteiger partial charge on any atom is 0.174 e. The number of rotatable bonds is 5. The molecule has 0 aliphatic heterocycles. The number of hydrogen-bond acceptors (Lipinski definition) is 2. The van der Waals surface area contributed by atoms with Crippen molar-refractivity contribution < 1.29 is 4.39 Å². The van der Waals surface area contributed by atoms with Crippen LogP contribution in [-0.4, -0.2) is 15.0 Å². The summed E-state index contributed by atoms with van der Waals surface area (Å²) in [5.74, 6) is -0.460. The van der Waals surface area contributed by atoms with E-state index in [1.54, 1.807) is 12.3 Å². The third-order valence-electron chi connectivity index (χ3n) is 3.75. The summed E-state index contributed by atoms with van der Waals surface area (Å²) >= 11 is 11.4. The van der Waals surface area contributed by atoms with Crippen molar-refractivity contribution in [1.82, 2.24) is 9.88 Å². The first kappa shape index (κ1) is 18.3. The average Bonchev–Trinajstić information content (AvgIpc) is 2.66. The molecule has 0 saturated heterocycles. The topological polar surface area (TPSA) is 28.2 Å². The molecule has 0 aliphatic carbocycles. The van der Waals surface area contributed by atoms with Gasteiger partial charge in [0.15, 0.2) is 5.11 Å². The molecule has 3 aromatic rings. The van der Waals surface area contributed by atoms with Crippen molar-refractivity contribution in [3.8, 4) is 0 Å². The van der Waals surface area contributed by atoms with Gasteiger partial charge < -0.3 is 10.2 Å². The highest BCUT2D eigenvalue weighted by molar-refractivity contribution is 7.80. The maximum absolute atomic E-state index is 13.4. The number of benzene rings is 2. The Bertz CT molecular complexity index is 833. The lowest BCUT2D eigenvalue weighted by molar-refractivity contribution is 0.407. The number of thiocarbonyl (C=S) groups is 1. The summed E-state index contributed by atoms with van der Waals surface area (Å²) < 4.78 is 13.4. The molecule has 26 heavy (non-hydrogen) atoms. The minimum Gasteiger partial charge on any atom is -0.339 e. The molecule has 1 N–H and O–H groups in total. The molecule has 132 valence electrons. The molecule has 3 rings (SSSR count). The minimum absolute atomic E-state index is 0.0529. The molecule has 0 atom stereocenters. The van der Waals surface area contributed by atoms with Gasteiger partial charge in [-0.25, -0.2) is 4.39 Å². The van der Waals surface area contributed by atoms with E-state index in [-0.39, 0.29) is 5.02 Å². The highest BCUT2D eigenvalue weighted by Crippen LogP contribution is 2.20. The van der Waals surface area contributed by atoms with Crippen molar-refractivity contribution in [2.24, 2.45) is 0 Å². The largest absolute Gasteiger partial charge is 0.339 e. The van der Waals surface area contributed by atoms with Gasteiger partial charge in [0.1, 0.15) is 5.82 Å². The lowest BCUT2D eigenvalue weighted by Crippen LogP contribution is -2.34. The Morgan fingerprint density at radius 2 is 1.81 bits per heavy atom. The van der Waals surface area contributed by atoms with Crippen molar-refractivity contribution in [2.45, 2.75) is 13.1 Å². The van der Waals surface area contributed by atoms with Gasteiger partial charge in [-0.3, -0.25) is 4.98 Å². The van der Waals surface area contributed by atoms with Crippen LogP contribution in [0.1, 0.15) is 11.3 Å². The normalized spacial score (nSPS) is 10.4. The van der Waals surface area contributed by atoms with Gasteiger partial charge in [0.25, 0.3) is 0 Å². The molecule has 1 aromatic heterocycles. The van der Waals surface area contributed by atoms with Gasteiger partial charge >= 0.3 is 0 Å². The van der Waals surface area contributed by atoms with E-state index in [1.807, 2.05) is 53.4 Å². The van der Waals surface area contributed by atoms with Crippen LogP contribution in [0.15, 0.2) is 72.9 Å². The second-order valence-electron chi connectivity index (χ2n) is 5.72. The van der Waals surface area contributed by atoms with Crippen LogP contribution in [0.3, 0.4) is 0 Å². The third kappa shape index (κ3) is 5.00. The van der Waals surface area contributed by atoms with Crippen molar-refractivity contribution in [3.63, 3.8) is 0 Å². The van der Waals surface area contributed by atoms with Crippen LogP contribution >= 0.6 is 23.8 Å². The summed E-state index contributed by atoms with van der Waals surface area (Å²) in [4.78, 5) is 6.38. The molecule has 6 heteroatoms. The van der Waals surface area contributed by atoms with Crippen LogP contribution in [0.4, 0.5) is 10.1 Å². The summed E-state index contributed by atoms with van der Waals surface area (Å²) in [5, 5.41) is 3.70. The van der Waals surface area contributed by atoms with E-state index in [2.05, 4.69) is 10.3 Å². The quantitative estimate of drug-likeness (QED) is 0.605. The van der Waals surface area contributed by atoms with Gasteiger partial charge in [0.2, 0.25) is 0 Å². The van der Waals surface area contributed by atoms with E-state index in [1.165, 1.54) is 12.1 Å². The molecule has 0 aliphatic rings. The first-order valence-corrected chi connectivity index (χ1v) is 8.85. The van der Waals surface area contributed by atoms with E-state index in [9.17, 15) is 4.39 Å². The van der Waals surface area contributed by atoms with E-state index in [0.29, 0.717) is 23.9 Å². The molecule has 0 saturated carbocycles. The number of nitrogens with one attached hydrogen (secondary N) is 1. The predicted molar refractivity (Wildman–Crippen MR) is 108 cm³/mol. The van der Waals surface area contributed by atoms with E-state index in [4.69, 9.17) is 23.8 Å². The van der Waals surface area contributed by atoms with Gasteiger partial charge in [-0.2, -0.15) is 0 Å². The highest BCUT2D eigenvalue weighted by Gasteiger charge is 2.13. The van der Waals surface area contributed by atoms with Crippen LogP contribution in [0, 0.1) is 5.82 Å². The minimum atomic E-state index is -0.460. The number of nitrogens with zero attached hydrogens (tertiary/aromatic N) is 2. The number of hydrogen-bond donors (Lipinski definition) is 1. The Kier molecular flexibility index (Phi) is 6.15. The summed E-state index contributed by atoms with van der Waals surface area (Å²) in [7, 11) is 0. The molecule has 1 heterocycles. The lowest BCUT2D eigenvalue weighted by Gasteiger charge is -2.26. The van der Waals surface area contributed by atoms with Crippen LogP contribution < -0.4 is 5.32 Å². The molecule has 3 nitrogen and oxygen atoms in total. The molecule has 0 spiro atoms. The standard InChI is InChI=1S/C20H17ClFN3S/c21-18-12-16(9-10-19(18)22)24-20(26)25(13-15-6-2-1-3-7-15)14-17-8-4-5-11-23-17/h1-12H,13-14H2,(H,24,26). The monoisotopic (exact) mass is 385 g/mol. The lowest BCUT2D eigenvalue weighted by atomic mass is 10.2. The van der Waals surface area contributed by atoms with E-state index < -0.39 is 5.82 Å². The Balaban J connectivity index is 1.78. The predicted octanol–water partition coefficient (Wildman–Crippen LogP) is 5.27. The smallest absolute Gasteiger partial charge is 0.174 e. The van der Waals surface area contributed by atoms with E-state index >= 15 is 0 Å². The van der Waals surface area contributed by atoms with Crippen molar-refractivity contribution in [3.05, 3.63) is 95.0 Å². The van der Waals surface area contributed by atoms with Crippen molar-refractivity contribution >= 4 is 34.6 Å². The van der Waals surface area contributed by atoms with Crippen molar-refractivity contribution in [1.29, 1.82) is 0 Å². The molecule has 2 aromatic carbocycles. The Morgan fingerprint density at radius 3 is 2.50 bits per heavy atom. The summed E-state index contributed by atoms with van der Waals surface area (Å²) in [6.45, 7) is 1.18. The molecular formula is C20H17ClFN3S. The van der Waals surface area contributed by atoms with Crippen molar-refractivity contribution in [2.75, 3.05) is 5.32 Å². The number of anilines is 1. The zero-order valence-electron chi connectivity index (χ0n) is 13.9. The van der Waals surface area contributed by atoms with Crippen LogP contribution in [0.5, 0.6) is 0 Å². The second kappa shape index (κ2) is 8.74. The molecule has 0 amide bonds. The van der Waals surface area contributed by atoms with Gasteiger partial charge in [-0.1, -0.05) is 48.0 Å². The Labute approximate surface area is 162 Å². The molecule has 0 bridgehead atoms. The fourth-order valence-electron chi connectivity index (χ4n) is 2.47. The summed E-state index contributed by atoms with van der Waals surface area (Å²) in [6, 6.07) is 20.3. The number of pyridine rings is 1. The van der Waals surface area contributed by atoms with Gasteiger partial charge in [-0.15, -0.1) is 0 Å². The molecule has 0 unspecified atom stereocenters. The van der Waals surface area contributed by atoms with Gasteiger partial charge in [-0.05, 0) is 48.1 Å². The first-order valence-electron chi connectivity index (χ1n) is 8.06. The fourth-order valence-corrected chi connectivity index (χ4v) is 2.89. The molecular weight excluding hydrogens is 369 g/mol. The summed E-state index contributed by atoms with van der Waals surface area (Å²) in [6.07, 6.45) is 1.76. The second-order valence-corrected chi connectivity index (χ2v) is 6.52. The van der Waals surface area contributed by atoms with E-state index in [0.717, 1.165) is 11.3 Å². The average molecular weight is 386 g/mol. The maximum atomic E-state index is 13.4. The summed E-state index contributed by atoms with van der Waals surface area (Å²) in [5.41, 5.74) is 2.68. The van der Waals surface area contributed by atoms with Crippen LogP contribution in [0.25, 0.3) is 0 Å². The van der Waals surface area contributed by atoms with Gasteiger partial charge in [0, 0.05) is 18.4 Å². The number of aromatic nitrogens is 1. The zero-order chi connectivity index (χ0) is 18.4. The molecule has 0 fully saturated rings.